The number of imide groups is 2. The molecule has 0 spiro atoms. The highest BCUT2D eigenvalue weighted by molar-refractivity contribution is 6.31. The zero-order chi connectivity index (χ0) is 21.0. The first-order valence-electron chi connectivity index (χ1n) is 8.81. The average molecular weight is 393 g/mol. The maximum absolute atomic E-state index is 12.3. The summed E-state index contributed by atoms with van der Waals surface area (Å²) >= 11 is 0. The number of carbonyl (C=O) groups is 4. The van der Waals surface area contributed by atoms with E-state index in [1.807, 2.05) is 36.6 Å². The lowest BCUT2D eigenvalue weighted by Gasteiger charge is -2.15. The normalized spacial score (nSPS) is 13.4. The van der Waals surface area contributed by atoms with Gasteiger partial charge in [0.15, 0.2) is 6.61 Å². The summed E-state index contributed by atoms with van der Waals surface area (Å²) in [5.74, 6) is -1.64. The maximum atomic E-state index is 12.3. The third kappa shape index (κ3) is 4.67. The number of aryl methyl sites for hydroxylation is 1. The van der Waals surface area contributed by atoms with E-state index < -0.39 is 17.8 Å². The highest BCUT2D eigenvalue weighted by Gasteiger charge is 2.28. The Labute approximate surface area is 166 Å². The third-order valence-corrected chi connectivity index (χ3v) is 4.40. The summed E-state index contributed by atoms with van der Waals surface area (Å²) in [7, 11) is 0. The number of rotatable bonds is 5. The van der Waals surface area contributed by atoms with Crippen LogP contribution in [0.25, 0.3) is 6.08 Å². The fourth-order valence-corrected chi connectivity index (χ4v) is 2.71. The zero-order valence-electron chi connectivity index (χ0n) is 15.9. The van der Waals surface area contributed by atoms with Crippen molar-refractivity contribution < 1.29 is 23.9 Å². The van der Waals surface area contributed by atoms with Gasteiger partial charge in [0.05, 0.1) is 0 Å². The number of urea groups is 1. The molecule has 0 saturated carbocycles. The van der Waals surface area contributed by atoms with Crippen molar-refractivity contribution in [1.29, 1.82) is 0 Å². The van der Waals surface area contributed by atoms with Gasteiger partial charge in [-0.15, -0.1) is 0 Å². The van der Waals surface area contributed by atoms with Crippen LogP contribution in [0.2, 0.25) is 0 Å². The minimum atomic E-state index is -0.871. The second-order valence-corrected chi connectivity index (χ2v) is 6.42. The Hall–Kier alpha value is -3.94. The number of hydrogen-bond donors (Lipinski definition) is 3. The Kier molecular flexibility index (Phi) is 5.73. The van der Waals surface area contributed by atoms with Gasteiger partial charge in [-0.3, -0.25) is 25.0 Å². The van der Waals surface area contributed by atoms with E-state index >= 15 is 0 Å². The van der Waals surface area contributed by atoms with Gasteiger partial charge < -0.3 is 10.1 Å². The lowest BCUT2D eigenvalue weighted by molar-refractivity contribution is -0.124. The molecule has 1 saturated heterocycles. The number of anilines is 1. The lowest BCUT2D eigenvalue weighted by Crippen LogP contribution is -2.51. The smallest absolute Gasteiger partial charge is 0.328 e. The molecule has 8 heteroatoms. The molecular formula is C21H19N3O5. The number of barbiturate groups is 1. The van der Waals surface area contributed by atoms with Crippen LogP contribution in [-0.2, 0) is 14.4 Å². The van der Waals surface area contributed by atoms with Crippen LogP contribution < -0.4 is 20.7 Å². The van der Waals surface area contributed by atoms with Crippen LogP contribution in [0.5, 0.6) is 5.75 Å². The molecule has 1 aliphatic heterocycles. The number of ether oxygens (including phenoxy) is 1. The van der Waals surface area contributed by atoms with E-state index in [1.165, 1.54) is 6.08 Å². The Balaban J connectivity index is 1.73. The highest BCUT2D eigenvalue weighted by atomic mass is 16.5. The first kappa shape index (κ1) is 19.8. The number of hydrogen-bond acceptors (Lipinski definition) is 5. The molecule has 3 N–H and O–H groups in total. The van der Waals surface area contributed by atoms with Crippen molar-refractivity contribution in [3.63, 3.8) is 0 Å². The standard InChI is InChI=1S/C21H19N3O5/c1-12-6-5-8-16(13(12)2)22-18(25)11-29-17-9-4-3-7-14(17)10-15-19(26)23-21(28)24-20(15)27/h3-10H,11H2,1-2H3,(H,22,25)(H2,23,24,26,27,28). The van der Waals surface area contributed by atoms with Crippen molar-refractivity contribution in [2.24, 2.45) is 0 Å². The van der Waals surface area contributed by atoms with E-state index in [0.717, 1.165) is 11.1 Å². The van der Waals surface area contributed by atoms with Crippen LogP contribution in [0, 0.1) is 13.8 Å². The molecule has 148 valence electrons. The second-order valence-electron chi connectivity index (χ2n) is 6.42. The van der Waals surface area contributed by atoms with Gasteiger partial charge >= 0.3 is 6.03 Å². The van der Waals surface area contributed by atoms with Crippen LogP contribution in [0.15, 0.2) is 48.0 Å². The van der Waals surface area contributed by atoms with Gasteiger partial charge in [0, 0.05) is 11.3 Å². The summed E-state index contributed by atoms with van der Waals surface area (Å²) in [6.45, 7) is 3.61. The minimum Gasteiger partial charge on any atom is -0.483 e. The SMILES string of the molecule is Cc1cccc(NC(=O)COc2ccccc2C=C2C(=O)NC(=O)NC2=O)c1C. The first-order valence-corrected chi connectivity index (χ1v) is 8.81. The van der Waals surface area contributed by atoms with E-state index in [4.69, 9.17) is 4.74 Å². The van der Waals surface area contributed by atoms with Crippen LogP contribution in [-0.4, -0.2) is 30.4 Å². The van der Waals surface area contributed by atoms with Crippen molar-refractivity contribution in [2.45, 2.75) is 13.8 Å². The molecule has 8 nitrogen and oxygen atoms in total. The van der Waals surface area contributed by atoms with Gasteiger partial charge in [0.25, 0.3) is 17.7 Å². The van der Waals surface area contributed by atoms with Gasteiger partial charge in [-0.1, -0.05) is 30.3 Å². The molecule has 3 rings (SSSR count). The van der Waals surface area contributed by atoms with Crippen molar-refractivity contribution in [2.75, 3.05) is 11.9 Å². The molecule has 0 aliphatic carbocycles. The topological polar surface area (TPSA) is 114 Å². The molecule has 0 bridgehead atoms. The molecule has 5 amide bonds. The van der Waals surface area contributed by atoms with E-state index in [1.54, 1.807) is 30.3 Å². The molecule has 1 aliphatic rings. The predicted octanol–water partition coefficient (Wildman–Crippen LogP) is 2.07. The number of nitrogens with one attached hydrogen (secondary N) is 3. The van der Waals surface area contributed by atoms with Crippen LogP contribution in [0.3, 0.4) is 0 Å². The van der Waals surface area contributed by atoms with Crippen molar-refractivity contribution in [3.8, 4) is 5.75 Å². The second kappa shape index (κ2) is 8.39. The van der Waals surface area contributed by atoms with Crippen LogP contribution >= 0.6 is 0 Å². The third-order valence-electron chi connectivity index (χ3n) is 4.40. The van der Waals surface area contributed by atoms with E-state index in [9.17, 15) is 19.2 Å². The predicted molar refractivity (Wildman–Crippen MR) is 106 cm³/mol. The molecular weight excluding hydrogens is 374 g/mol. The van der Waals surface area contributed by atoms with Gasteiger partial charge in [0.1, 0.15) is 11.3 Å². The summed E-state index contributed by atoms with van der Waals surface area (Å²) in [5, 5.41) is 6.80. The Morgan fingerprint density at radius 3 is 2.41 bits per heavy atom. The highest BCUT2D eigenvalue weighted by Crippen LogP contribution is 2.22. The molecule has 29 heavy (non-hydrogen) atoms. The van der Waals surface area contributed by atoms with E-state index in [2.05, 4.69) is 5.32 Å². The van der Waals surface area contributed by atoms with Crippen molar-refractivity contribution >= 4 is 35.5 Å². The monoisotopic (exact) mass is 393 g/mol. The summed E-state index contributed by atoms with van der Waals surface area (Å²) in [6, 6.07) is 11.4. The van der Waals surface area contributed by atoms with Gasteiger partial charge in [-0.25, -0.2) is 4.79 Å². The Morgan fingerprint density at radius 2 is 1.69 bits per heavy atom. The first-order chi connectivity index (χ1) is 13.8. The summed E-state index contributed by atoms with van der Waals surface area (Å²) in [4.78, 5) is 47.2. The van der Waals surface area contributed by atoms with Gasteiger partial charge in [-0.05, 0) is 43.2 Å². The Morgan fingerprint density at radius 1 is 1.00 bits per heavy atom. The molecule has 0 atom stereocenters. The largest absolute Gasteiger partial charge is 0.483 e. The average Bonchev–Trinajstić information content (AvgIpc) is 2.67. The Bertz CT molecular complexity index is 1020. The van der Waals surface area contributed by atoms with Crippen molar-refractivity contribution in [1.82, 2.24) is 10.6 Å². The number of amides is 5. The number of para-hydroxylation sites is 1. The number of carbonyl (C=O) groups excluding carboxylic acids is 4. The summed E-state index contributed by atoms with van der Waals surface area (Å²) < 4.78 is 5.59. The van der Waals surface area contributed by atoms with Gasteiger partial charge in [-0.2, -0.15) is 0 Å². The van der Waals surface area contributed by atoms with E-state index in [-0.39, 0.29) is 18.1 Å². The quantitative estimate of drug-likeness (QED) is 0.532. The minimum absolute atomic E-state index is 0.236. The van der Waals surface area contributed by atoms with E-state index in [0.29, 0.717) is 17.0 Å². The molecule has 1 fully saturated rings. The summed E-state index contributed by atoms with van der Waals surface area (Å²) in [5.41, 5.74) is 2.91. The molecule has 1 heterocycles. The van der Waals surface area contributed by atoms with Crippen LogP contribution in [0.1, 0.15) is 16.7 Å². The fourth-order valence-electron chi connectivity index (χ4n) is 2.71. The summed E-state index contributed by atoms with van der Waals surface area (Å²) in [6.07, 6.45) is 1.30. The molecule has 2 aromatic rings. The number of benzene rings is 2. The van der Waals surface area contributed by atoms with Crippen LogP contribution in [0.4, 0.5) is 10.5 Å². The lowest BCUT2D eigenvalue weighted by atomic mass is 10.1. The maximum Gasteiger partial charge on any atom is 0.328 e. The molecule has 0 aromatic heterocycles. The molecule has 0 radical (unpaired) electrons. The fraction of sp³-hybridized carbons (Fsp3) is 0.143. The zero-order valence-corrected chi connectivity index (χ0v) is 15.9. The van der Waals surface area contributed by atoms with Crippen molar-refractivity contribution in [3.05, 3.63) is 64.7 Å². The molecule has 0 unspecified atom stereocenters. The molecule has 2 aromatic carbocycles. The van der Waals surface area contributed by atoms with Gasteiger partial charge in [0.2, 0.25) is 0 Å².